The van der Waals surface area contributed by atoms with Gasteiger partial charge in [0.05, 0.1) is 5.92 Å². The van der Waals surface area contributed by atoms with E-state index in [9.17, 15) is 4.79 Å². The van der Waals surface area contributed by atoms with Crippen molar-refractivity contribution in [2.75, 3.05) is 0 Å². The average molecular weight is 169 g/mol. The third-order valence-corrected chi connectivity index (χ3v) is 1.68. The van der Waals surface area contributed by atoms with Gasteiger partial charge in [-0.3, -0.25) is 9.48 Å². The quantitative estimate of drug-likeness (QED) is 0.707. The summed E-state index contributed by atoms with van der Waals surface area (Å²) in [7, 11) is 0. The van der Waals surface area contributed by atoms with E-state index in [0.717, 1.165) is 0 Å². The van der Waals surface area contributed by atoms with E-state index in [4.69, 9.17) is 5.11 Å². The minimum atomic E-state index is -0.768. The molecule has 0 spiro atoms. The SMILES string of the molecule is CC(CCn1cncn1)C(=O)O. The molecule has 0 bridgehead atoms. The van der Waals surface area contributed by atoms with Crippen molar-refractivity contribution in [3.63, 3.8) is 0 Å². The normalized spacial score (nSPS) is 12.8. The smallest absolute Gasteiger partial charge is 0.306 e. The van der Waals surface area contributed by atoms with Crippen LogP contribution in [-0.4, -0.2) is 25.8 Å². The van der Waals surface area contributed by atoms with Crippen molar-refractivity contribution >= 4 is 5.97 Å². The molecular weight excluding hydrogens is 158 g/mol. The lowest BCUT2D eigenvalue weighted by Crippen LogP contribution is -2.12. The monoisotopic (exact) mass is 169 g/mol. The molecule has 0 saturated carbocycles. The number of hydrogen-bond acceptors (Lipinski definition) is 3. The lowest BCUT2D eigenvalue weighted by atomic mass is 10.1. The highest BCUT2D eigenvalue weighted by molar-refractivity contribution is 5.69. The molecule has 0 aromatic carbocycles. The molecule has 0 saturated heterocycles. The summed E-state index contributed by atoms with van der Waals surface area (Å²) in [4.78, 5) is 14.2. The van der Waals surface area contributed by atoms with Crippen molar-refractivity contribution in [1.82, 2.24) is 14.8 Å². The van der Waals surface area contributed by atoms with Gasteiger partial charge in [0.15, 0.2) is 0 Å². The van der Waals surface area contributed by atoms with Crippen LogP contribution >= 0.6 is 0 Å². The Morgan fingerprint density at radius 1 is 1.75 bits per heavy atom. The Bertz CT molecular complexity index is 245. The van der Waals surface area contributed by atoms with Gasteiger partial charge in [-0.05, 0) is 6.42 Å². The first-order valence-electron chi connectivity index (χ1n) is 3.75. The predicted octanol–water partition coefficient (Wildman–Crippen LogP) is 0.389. The lowest BCUT2D eigenvalue weighted by molar-refractivity contribution is -0.141. The minimum absolute atomic E-state index is 0.325. The molecule has 0 radical (unpaired) electrons. The molecule has 0 fully saturated rings. The Morgan fingerprint density at radius 2 is 2.50 bits per heavy atom. The van der Waals surface area contributed by atoms with Crippen LogP contribution in [0.4, 0.5) is 0 Å². The van der Waals surface area contributed by atoms with Gasteiger partial charge < -0.3 is 5.11 Å². The molecule has 1 aromatic rings. The maximum absolute atomic E-state index is 10.4. The summed E-state index contributed by atoms with van der Waals surface area (Å²) in [6.07, 6.45) is 3.60. The molecule has 0 aliphatic carbocycles. The second-order valence-electron chi connectivity index (χ2n) is 2.69. The molecule has 1 atom stereocenters. The van der Waals surface area contributed by atoms with Gasteiger partial charge in [-0.25, -0.2) is 4.98 Å². The average Bonchev–Trinajstić information content (AvgIpc) is 2.51. The van der Waals surface area contributed by atoms with Crippen molar-refractivity contribution < 1.29 is 9.90 Å². The number of carbonyl (C=O) groups is 1. The van der Waals surface area contributed by atoms with Crippen LogP contribution in [0.3, 0.4) is 0 Å². The molecular formula is C7H11N3O2. The molecule has 1 unspecified atom stereocenters. The molecule has 0 amide bonds. The van der Waals surface area contributed by atoms with Crippen molar-refractivity contribution in [3.05, 3.63) is 12.7 Å². The van der Waals surface area contributed by atoms with Crippen molar-refractivity contribution in [3.8, 4) is 0 Å². The third kappa shape index (κ3) is 2.34. The van der Waals surface area contributed by atoms with Gasteiger partial charge in [-0.2, -0.15) is 5.10 Å². The zero-order chi connectivity index (χ0) is 8.97. The van der Waals surface area contributed by atoms with E-state index in [-0.39, 0.29) is 5.92 Å². The standard InChI is InChI=1S/C7H11N3O2/c1-6(7(11)12)2-3-10-5-8-4-9-10/h4-6H,2-3H2,1H3,(H,11,12). The van der Waals surface area contributed by atoms with Crippen LogP contribution in [-0.2, 0) is 11.3 Å². The number of aromatic nitrogens is 3. The van der Waals surface area contributed by atoms with E-state index in [1.165, 1.54) is 6.33 Å². The largest absolute Gasteiger partial charge is 0.481 e. The molecule has 5 nitrogen and oxygen atoms in total. The summed E-state index contributed by atoms with van der Waals surface area (Å²) >= 11 is 0. The fourth-order valence-electron chi connectivity index (χ4n) is 0.798. The van der Waals surface area contributed by atoms with Gasteiger partial charge in [0.2, 0.25) is 0 Å². The number of aliphatic carboxylic acids is 1. The Balaban J connectivity index is 2.31. The number of aryl methyl sites for hydroxylation is 1. The van der Waals surface area contributed by atoms with Crippen molar-refractivity contribution in [2.45, 2.75) is 19.9 Å². The molecule has 1 aromatic heterocycles. The van der Waals surface area contributed by atoms with Crippen LogP contribution < -0.4 is 0 Å². The second-order valence-corrected chi connectivity index (χ2v) is 2.69. The van der Waals surface area contributed by atoms with E-state index < -0.39 is 5.97 Å². The van der Waals surface area contributed by atoms with E-state index in [2.05, 4.69) is 10.1 Å². The fourth-order valence-corrected chi connectivity index (χ4v) is 0.798. The minimum Gasteiger partial charge on any atom is -0.481 e. The van der Waals surface area contributed by atoms with E-state index in [0.29, 0.717) is 13.0 Å². The molecule has 1 rings (SSSR count). The summed E-state index contributed by atoms with van der Waals surface area (Å²) in [5.41, 5.74) is 0. The maximum atomic E-state index is 10.4. The Hall–Kier alpha value is -1.39. The fraction of sp³-hybridized carbons (Fsp3) is 0.571. The molecule has 1 N–H and O–H groups in total. The predicted molar refractivity (Wildman–Crippen MR) is 41.4 cm³/mol. The Kier molecular flexibility index (Phi) is 2.79. The zero-order valence-corrected chi connectivity index (χ0v) is 6.84. The first kappa shape index (κ1) is 8.70. The number of carboxylic acid groups (broad SMARTS) is 1. The maximum Gasteiger partial charge on any atom is 0.306 e. The Morgan fingerprint density at radius 3 is 3.00 bits per heavy atom. The van der Waals surface area contributed by atoms with Crippen LogP contribution in [0.25, 0.3) is 0 Å². The van der Waals surface area contributed by atoms with Crippen molar-refractivity contribution in [2.24, 2.45) is 5.92 Å². The number of hydrogen-bond donors (Lipinski definition) is 1. The highest BCUT2D eigenvalue weighted by atomic mass is 16.4. The molecule has 0 aliphatic heterocycles. The van der Waals surface area contributed by atoms with Crippen LogP contribution in [0.5, 0.6) is 0 Å². The highest BCUT2D eigenvalue weighted by Crippen LogP contribution is 2.02. The van der Waals surface area contributed by atoms with Gasteiger partial charge in [-0.1, -0.05) is 6.92 Å². The number of carboxylic acids is 1. The van der Waals surface area contributed by atoms with Crippen LogP contribution in [0.15, 0.2) is 12.7 Å². The summed E-state index contributed by atoms with van der Waals surface area (Å²) in [5, 5.41) is 12.4. The Labute approximate surface area is 70.0 Å². The first-order valence-corrected chi connectivity index (χ1v) is 3.75. The molecule has 1 heterocycles. The van der Waals surface area contributed by atoms with Crippen LogP contribution in [0, 0.1) is 5.92 Å². The molecule has 5 heteroatoms. The highest BCUT2D eigenvalue weighted by Gasteiger charge is 2.10. The van der Waals surface area contributed by atoms with E-state index in [1.54, 1.807) is 17.9 Å². The summed E-state index contributed by atoms with van der Waals surface area (Å²) in [6.45, 7) is 2.28. The van der Waals surface area contributed by atoms with Gasteiger partial charge >= 0.3 is 5.97 Å². The first-order chi connectivity index (χ1) is 5.70. The molecule has 12 heavy (non-hydrogen) atoms. The van der Waals surface area contributed by atoms with Gasteiger partial charge in [-0.15, -0.1) is 0 Å². The third-order valence-electron chi connectivity index (χ3n) is 1.68. The number of rotatable bonds is 4. The van der Waals surface area contributed by atoms with Crippen LogP contribution in [0.2, 0.25) is 0 Å². The van der Waals surface area contributed by atoms with Gasteiger partial charge in [0.25, 0.3) is 0 Å². The van der Waals surface area contributed by atoms with Crippen molar-refractivity contribution in [1.29, 1.82) is 0 Å². The zero-order valence-electron chi connectivity index (χ0n) is 6.84. The van der Waals surface area contributed by atoms with Gasteiger partial charge in [0, 0.05) is 6.54 Å². The summed E-state index contributed by atoms with van der Waals surface area (Å²) < 4.78 is 1.62. The van der Waals surface area contributed by atoms with E-state index >= 15 is 0 Å². The lowest BCUT2D eigenvalue weighted by Gasteiger charge is -2.04. The van der Waals surface area contributed by atoms with Gasteiger partial charge in [0.1, 0.15) is 12.7 Å². The summed E-state index contributed by atoms with van der Waals surface area (Å²) in [6, 6.07) is 0. The molecule has 0 aliphatic rings. The van der Waals surface area contributed by atoms with Crippen LogP contribution in [0.1, 0.15) is 13.3 Å². The second kappa shape index (κ2) is 3.85. The number of nitrogens with zero attached hydrogens (tertiary/aromatic N) is 3. The molecule has 66 valence electrons. The topological polar surface area (TPSA) is 68.0 Å². The summed E-state index contributed by atoms with van der Waals surface area (Å²) in [5.74, 6) is -1.09. The van der Waals surface area contributed by atoms with E-state index in [1.807, 2.05) is 0 Å².